The first kappa shape index (κ1) is 13.7. The molecule has 1 atom stereocenters. The third-order valence-electron chi connectivity index (χ3n) is 2.16. The number of rotatable bonds is 4. The molecule has 1 rings (SSSR count). The van der Waals surface area contributed by atoms with Gasteiger partial charge in [0.05, 0.1) is 11.0 Å². The predicted octanol–water partition coefficient (Wildman–Crippen LogP) is 2.53. The van der Waals surface area contributed by atoms with Crippen molar-refractivity contribution < 1.29 is 4.79 Å². The number of hydrogen-bond acceptors (Lipinski definition) is 2. The summed E-state index contributed by atoms with van der Waals surface area (Å²) < 4.78 is 0. The van der Waals surface area contributed by atoms with Crippen molar-refractivity contribution >= 4 is 40.5 Å². The van der Waals surface area contributed by atoms with Crippen LogP contribution in [0.15, 0.2) is 24.3 Å². The van der Waals surface area contributed by atoms with Crippen LogP contribution in [0.2, 0.25) is 5.02 Å². The van der Waals surface area contributed by atoms with E-state index in [9.17, 15) is 4.79 Å². The van der Waals surface area contributed by atoms with Crippen molar-refractivity contribution in [3.05, 3.63) is 29.3 Å². The number of nitrogens with two attached hydrogens (primary N) is 1. The van der Waals surface area contributed by atoms with Crippen molar-refractivity contribution in [3.63, 3.8) is 0 Å². The van der Waals surface area contributed by atoms with E-state index in [1.54, 1.807) is 24.3 Å². The van der Waals surface area contributed by atoms with Gasteiger partial charge < -0.3 is 16.4 Å². The first-order valence-electron chi connectivity index (χ1n) is 5.15. The number of anilines is 1. The van der Waals surface area contributed by atoms with E-state index in [0.717, 1.165) is 0 Å². The van der Waals surface area contributed by atoms with Gasteiger partial charge in [-0.25, -0.2) is 4.79 Å². The summed E-state index contributed by atoms with van der Waals surface area (Å²) in [6, 6.07) is 6.18. The molecular formula is C11H14ClN3OS. The highest BCUT2D eigenvalue weighted by Gasteiger charge is 2.12. The van der Waals surface area contributed by atoms with Crippen molar-refractivity contribution in [2.75, 3.05) is 5.32 Å². The van der Waals surface area contributed by atoms with Crippen LogP contribution in [-0.4, -0.2) is 17.1 Å². The van der Waals surface area contributed by atoms with E-state index in [-0.39, 0.29) is 17.1 Å². The molecule has 0 aliphatic carbocycles. The van der Waals surface area contributed by atoms with Crippen LogP contribution >= 0.6 is 23.8 Å². The number of urea groups is 1. The molecule has 0 fully saturated rings. The number of hydrogen-bond donors (Lipinski definition) is 3. The number of halogens is 1. The minimum Gasteiger partial charge on any atom is -0.392 e. The number of carbonyl (C=O) groups is 1. The molecule has 4 N–H and O–H groups in total. The van der Waals surface area contributed by atoms with Crippen molar-refractivity contribution in [1.29, 1.82) is 0 Å². The molecule has 1 aromatic rings. The van der Waals surface area contributed by atoms with Gasteiger partial charge in [0.1, 0.15) is 0 Å². The summed E-state index contributed by atoms with van der Waals surface area (Å²) in [5.41, 5.74) is 6.14. The molecule has 6 heteroatoms. The molecule has 0 aromatic heterocycles. The standard InChI is InChI=1S/C11H14ClN3OS/c1-2-9(10(13)17)15-11(16)14-8-5-3-7(12)4-6-8/h3-6,9H,2H2,1H3,(H2,13,17)(H2,14,15,16). The molecule has 0 saturated heterocycles. The molecule has 2 amide bonds. The maximum absolute atomic E-state index is 11.6. The third-order valence-corrected chi connectivity index (χ3v) is 2.70. The molecule has 1 unspecified atom stereocenters. The first-order chi connectivity index (χ1) is 8.02. The Kier molecular flexibility index (Phi) is 5.18. The number of amides is 2. The summed E-state index contributed by atoms with van der Waals surface area (Å²) in [5, 5.41) is 5.96. The molecule has 0 bridgehead atoms. The Balaban J connectivity index is 2.54. The first-order valence-corrected chi connectivity index (χ1v) is 5.94. The second-order valence-electron chi connectivity index (χ2n) is 3.47. The lowest BCUT2D eigenvalue weighted by Crippen LogP contribution is -2.44. The SMILES string of the molecule is CCC(NC(=O)Nc1ccc(Cl)cc1)C(N)=S. The highest BCUT2D eigenvalue weighted by atomic mass is 35.5. The largest absolute Gasteiger partial charge is 0.392 e. The van der Waals surface area contributed by atoms with E-state index in [4.69, 9.17) is 29.6 Å². The lowest BCUT2D eigenvalue weighted by Gasteiger charge is -2.15. The molecule has 0 aliphatic rings. The van der Waals surface area contributed by atoms with Gasteiger partial charge in [0.2, 0.25) is 0 Å². The molecule has 0 aliphatic heterocycles. The minimum atomic E-state index is -0.341. The Bertz CT molecular complexity index is 408. The average Bonchev–Trinajstić information content (AvgIpc) is 2.28. The molecule has 4 nitrogen and oxygen atoms in total. The maximum Gasteiger partial charge on any atom is 0.319 e. The molecule has 1 aromatic carbocycles. The van der Waals surface area contributed by atoms with Crippen LogP contribution in [0.4, 0.5) is 10.5 Å². The van der Waals surface area contributed by atoms with E-state index in [1.807, 2.05) is 6.92 Å². The lowest BCUT2D eigenvalue weighted by atomic mass is 10.2. The monoisotopic (exact) mass is 271 g/mol. The number of nitrogens with one attached hydrogen (secondary N) is 2. The summed E-state index contributed by atoms with van der Waals surface area (Å²) in [7, 11) is 0. The number of benzene rings is 1. The smallest absolute Gasteiger partial charge is 0.319 e. The quantitative estimate of drug-likeness (QED) is 0.737. The van der Waals surface area contributed by atoms with Crippen LogP contribution in [0.3, 0.4) is 0 Å². The van der Waals surface area contributed by atoms with Crippen LogP contribution in [0, 0.1) is 0 Å². The average molecular weight is 272 g/mol. The summed E-state index contributed by atoms with van der Waals surface area (Å²) in [6.07, 6.45) is 0.656. The molecule has 0 radical (unpaired) electrons. The van der Waals surface area contributed by atoms with Crippen LogP contribution in [0.1, 0.15) is 13.3 Å². The third kappa shape index (κ3) is 4.58. The van der Waals surface area contributed by atoms with Crippen LogP contribution in [0.25, 0.3) is 0 Å². The molecule has 0 saturated carbocycles. The fourth-order valence-corrected chi connectivity index (χ4v) is 1.58. The molecule has 0 spiro atoms. The lowest BCUT2D eigenvalue weighted by molar-refractivity contribution is 0.250. The van der Waals surface area contributed by atoms with Crippen molar-refractivity contribution in [1.82, 2.24) is 5.32 Å². The zero-order valence-electron chi connectivity index (χ0n) is 9.37. The summed E-state index contributed by atoms with van der Waals surface area (Å²) in [5.74, 6) is 0. The van der Waals surface area contributed by atoms with Crippen molar-refractivity contribution in [2.45, 2.75) is 19.4 Å². The molecular weight excluding hydrogens is 258 g/mol. The van der Waals surface area contributed by atoms with E-state index in [2.05, 4.69) is 10.6 Å². The van der Waals surface area contributed by atoms with Crippen molar-refractivity contribution in [2.24, 2.45) is 5.73 Å². The second-order valence-corrected chi connectivity index (χ2v) is 4.38. The zero-order chi connectivity index (χ0) is 12.8. The Hall–Kier alpha value is -1.33. The zero-order valence-corrected chi connectivity index (χ0v) is 10.9. The Morgan fingerprint density at radius 2 is 2.06 bits per heavy atom. The topological polar surface area (TPSA) is 67.2 Å². The minimum absolute atomic E-state index is 0.277. The van der Waals surface area contributed by atoms with Crippen molar-refractivity contribution in [3.8, 4) is 0 Å². The van der Waals surface area contributed by atoms with Crippen LogP contribution in [-0.2, 0) is 0 Å². The fourth-order valence-electron chi connectivity index (χ4n) is 1.23. The van der Waals surface area contributed by atoms with Crippen LogP contribution in [0.5, 0.6) is 0 Å². The van der Waals surface area contributed by atoms with Gasteiger partial charge in [-0.3, -0.25) is 0 Å². The van der Waals surface area contributed by atoms with Crippen LogP contribution < -0.4 is 16.4 Å². The van der Waals surface area contributed by atoms with E-state index in [1.165, 1.54) is 0 Å². The number of carbonyl (C=O) groups excluding carboxylic acids is 1. The van der Waals surface area contributed by atoms with Gasteiger partial charge in [-0.2, -0.15) is 0 Å². The normalized spacial score (nSPS) is 11.6. The molecule has 17 heavy (non-hydrogen) atoms. The highest BCUT2D eigenvalue weighted by Crippen LogP contribution is 2.13. The van der Waals surface area contributed by atoms with E-state index >= 15 is 0 Å². The van der Waals surface area contributed by atoms with Gasteiger partial charge >= 0.3 is 6.03 Å². The van der Waals surface area contributed by atoms with E-state index in [0.29, 0.717) is 17.1 Å². The maximum atomic E-state index is 11.6. The molecule has 92 valence electrons. The number of thiocarbonyl (C=S) groups is 1. The van der Waals surface area contributed by atoms with Gasteiger partial charge in [0.25, 0.3) is 0 Å². The highest BCUT2D eigenvalue weighted by molar-refractivity contribution is 7.80. The summed E-state index contributed by atoms with van der Waals surface area (Å²) in [4.78, 5) is 11.9. The van der Waals surface area contributed by atoms with Gasteiger partial charge in [-0.05, 0) is 30.7 Å². The molecule has 0 heterocycles. The Labute approximate surface area is 111 Å². The Morgan fingerprint density at radius 3 is 2.53 bits per heavy atom. The summed E-state index contributed by atoms with van der Waals surface area (Å²) >= 11 is 10.6. The fraction of sp³-hybridized carbons (Fsp3) is 0.273. The second kappa shape index (κ2) is 6.42. The van der Waals surface area contributed by atoms with E-state index < -0.39 is 0 Å². The van der Waals surface area contributed by atoms with Gasteiger partial charge in [0, 0.05) is 10.7 Å². The Morgan fingerprint density at radius 1 is 1.47 bits per heavy atom. The van der Waals surface area contributed by atoms with Gasteiger partial charge in [0.15, 0.2) is 0 Å². The predicted molar refractivity (Wildman–Crippen MR) is 74.5 cm³/mol. The van der Waals surface area contributed by atoms with Gasteiger partial charge in [-0.15, -0.1) is 0 Å². The van der Waals surface area contributed by atoms with Gasteiger partial charge in [-0.1, -0.05) is 30.7 Å². The summed E-state index contributed by atoms with van der Waals surface area (Å²) in [6.45, 7) is 1.90.